The van der Waals surface area contributed by atoms with Crippen molar-refractivity contribution < 1.29 is 18.3 Å². The van der Waals surface area contributed by atoms with Crippen LogP contribution >= 0.6 is 0 Å². The van der Waals surface area contributed by atoms with Gasteiger partial charge in [0.2, 0.25) is 10.0 Å². The number of aryl methyl sites for hydroxylation is 1. The Balaban J connectivity index is 2.19. The van der Waals surface area contributed by atoms with Crippen molar-refractivity contribution >= 4 is 10.0 Å². The molecular formula is C14H21NO4S. The molecule has 1 fully saturated rings. The summed E-state index contributed by atoms with van der Waals surface area (Å²) in [5.41, 5.74) is 0.763. The molecule has 1 aliphatic rings. The lowest BCUT2D eigenvalue weighted by atomic mass is 9.93. The molecule has 0 saturated heterocycles. The maximum Gasteiger partial charge on any atom is 0.240 e. The van der Waals surface area contributed by atoms with Crippen LogP contribution in [0.5, 0.6) is 5.75 Å². The third-order valence-corrected chi connectivity index (χ3v) is 5.20. The summed E-state index contributed by atoms with van der Waals surface area (Å²) in [4.78, 5) is 0.202. The third kappa shape index (κ3) is 3.31. The molecule has 0 unspecified atom stereocenters. The quantitative estimate of drug-likeness (QED) is 0.885. The van der Waals surface area contributed by atoms with Gasteiger partial charge in [0.15, 0.2) is 0 Å². The summed E-state index contributed by atoms with van der Waals surface area (Å²) >= 11 is 0. The molecule has 0 aromatic heterocycles. The van der Waals surface area contributed by atoms with E-state index in [0.29, 0.717) is 18.6 Å². The molecule has 20 heavy (non-hydrogen) atoms. The average Bonchev–Trinajstić information content (AvgIpc) is 2.41. The molecule has 0 amide bonds. The van der Waals surface area contributed by atoms with E-state index in [2.05, 4.69) is 4.72 Å². The van der Waals surface area contributed by atoms with Crippen LogP contribution in [0.2, 0.25) is 0 Å². The molecule has 2 atom stereocenters. The molecule has 2 N–H and O–H groups in total. The van der Waals surface area contributed by atoms with Gasteiger partial charge in [-0.2, -0.15) is 0 Å². The molecule has 0 spiro atoms. The number of methoxy groups -OCH3 is 1. The smallest absolute Gasteiger partial charge is 0.240 e. The van der Waals surface area contributed by atoms with Gasteiger partial charge in [-0.25, -0.2) is 13.1 Å². The zero-order valence-corrected chi connectivity index (χ0v) is 12.6. The number of nitrogens with one attached hydrogen (secondary N) is 1. The Hall–Kier alpha value is -1.11. The fourth-order valence-corrected chi connectivity index (χ4v) is 3.92. The van der Waals surface area contributed by atoms with E-state index < -0.39 is 22.2 Å². The standard InChI is InChI=1S/C14H21NO4S/c1-10-9-11(7-8-14(10)19-2)20(17,18)15-12-5-3-4-6-13(12)16/h7-9,12-13,15-16H,3-6H2,1-2H3/t12-,13-/m1/s1. The first-order valence-corrected chi connectivity index (χ1v) is 8.27. The van der Waals surface area contributed by atoms with Gasteiger partial charge in [0.1, 0.15) is 5.75 Å². The van der Waals surface area contributed by atoms with E-state index in [0.717, 1.165) is 18.4 Å². The van der Waals surface area contributed by atoms with Crippen LogP contribution in [0.1, 0.15) is 31.2 Å². The van der Waals surface area contributed by atoms with Crippen LogP contribution in [0.3, 0.4) is 0 Å². The van der Waals surface area contributed by atoms with Crippen LogP contribution in [0.25, 0.3) is 0 Å². The molecule has 0 heterocycles. The number of hydrogen-bond acceptors (Lipinski definition) is 4. The largest absolute Gasteiger partial charge is 0.496 e. The van der Waals surface area contributed by atoms with Crippen molar-refractivity contribution in [2.24, 2.45) is 0 Å². The van der Waals surface area contributed by atoms with Crippen LogP contribution in [0.4, 0.5) is 0 Å². The highest BCUT2D eigenvalue weighted by Crippen LogP contribution is 2.24. The van der Waals surface area contributed by atoms with Crippen molar-refractivity contribution in [3.05, 3.63) is 23.8 Å². The van der Waals surface area contributed by atoms with Crippen molar-refractivity contribution in [1.29, 1.82) is 0 Å². The van der Waals surface area contributed by atoms with Crippen LogP contribution < -0.4 is 9.46 Å². The molecule has 1 saturated carbocycles. The number of hydrogen-bond donors (Lipinski definition) is 2. The Morgan fingerprint density at radius 2 is 2.00 bits per heavy atom. The third-order valence-electron chi connectivity index (χ3n) is 3.71. The van der Waals surface area contributed by atoms with Crippen LogP contribution in [0.15, 0.2) is 23.1 Å². The molecule has 1 aromatic carbocycles. The number of aliphatic hydroxyl groups is 1. The van der Waals surface area contributed by atoms with Gasteiger partial charge >= 0.3 is 0 Å². The minimum absolute atomic E-state index is 0.202. The van der Waals surface area contributed by atoms with Gasteiger partial charge in [0, 0.05) is 6.04 Å². The molecule has 1 aromatic rings. The van der Waals surface area contributed by atoms with E-state index in [1.54, 1.807) is 26.2 Å². The first-order valence-electron chi connectivity index (χ1n) is 6.79. The Bertz CT molecular complexity index is 571. The van der Waals surface area contributed by atoms with E-state index in [4.69, 9.17) is 4.74 Å². The highest BCUT2D eigenvalue weighted by atomic mass is 32.2. The molecule has 0 bridgehead atoms. The van der Waals surface area contributed by atoms with Crippen LogP contribution in [0, 0.1) is 6.92 Å². The van der Waals surface area contributed by atoms with E-state index in [9.17, 15) is 13.5 Å². The van der Waals surface area contributed by atoms with Gasteiger partial charge in [-0.15, -0.1) is 0 Å². The molecule has 0 aliphatic heterocycles. The molecule has 5 nitrogen and oxygen atoms in total. The fourth-order valence-electron chi connectivity index (χ4n) is 2.53. The molecule has 1 aliphatic carbocycles. The van der Waals surface area contributed by atoms with E-state index in [1.807, 2.05) is 0 Å². The Labute approximate surface area is 120 Å². The zero-order valence-electron chi connectivity index (χ0n) is 11.8. The minimum atomic E-state index is -3.61. The summed E-state index contributed by atoms with van der Waals surface area (Å²) in [6.45, 7) is 1.80. The van der Waals surface area contributed by atoms with Gasteiger partial charge in [0.05, 0.1) is 18.1 Å². The second kappa shape index (κ2) is 6.11. The first-order chi connectivity index (χ1) is 9.44. The Morgan fingerprint density at radius 1 is 1.30 bits per heavy atom. The van der Waals surface area contributed by atoms with Gasteiger partial charge in [0.25, 0.3) is 0 Å². The lowest BCUT2D eigenvalue weighted by molar-refractivity contribution is 0.101. The van der Waals surface area contributed by atoms with Gasteiger partial charge < -0.3 is 9.84 Å². The van der Waals surface area contributed by atoms with Crippen molar-refractivity contribution in [2.75, 3.05) is 7.11 Å². The topological polar surface area (TPSA) is 75.6 Å². The fraction of sp³-hybridized carbons (Fsp3) is 0.571. The summed E-state index contributed by atoms with van der Waals surface area (Å²) in [6.07, 6.45) is 2.61. The van der Waals surface area contributed by atoms with Crippen molar-refractivity contribution in [2.45, 2.75) is 49.6 Å². The van der Waals surface area contributed by atoms with Crippen molar-refractivity contribution in [3.63, 3.8) is 0 Å². The lowest BCUT2D eigenvalue weighted by Crippen LogP contribution is -2.44. The summed E-state index contributed by atoms with van der Waals surface area (Å²) in [5, 5.41) is 9.87. The van der Waals surface area contributed by atoms with E-state index >= 15 is 0 Å². The molecule has 0 radical (unpaired) electrons. The highest BCUT2D eigenvalue weighted by molar-refractivity contribution is 7.89. The lowest BCUT2D eigenvalue weighted by Gasteiger charge is -2.28. The Kier molecular flexibility index (Phi) is 4.67. The first kappa shape index (κ1) is 15.3. The SMILES string of the molecule is COc1ccc(S(=O)(=O)N[C@@H]2CCCC[C@H]2O)cc1C. The number of benzene rings is 1. The predicted octanol–water partition coefficient (Wildman–Crippen LogP) is 1.59. The maximum atomic E-state index is 12.3. The Morgan fingerprint density at radius 3 is 2.60 bits per heavy atom. The van der Waals surface area contributed by atoms with Crippen LogP contribution in [-0.4, -0.2) is 32.8 Å². The average molecular weight is 299 g/mol. The van der Waals surface area contributed by atoms with E-state index in [-0.39, 0.29) is 4.90 Å². The highest BCUT2D eigenvalue weighted by Gasteiger charge is 2.28. The minimum Gasteiger partial charge on any atom is -0.496 e. The van der Waals surface area contributed by atoms with Crippen LogP contribution in [-0.2, 0) is 10.0 Å². The van der Waals surface area contributed by atoms with E-state index in [1.165, 1.54) is 6.07 Å². The number of ether oxygens (including phenoxy) is 1. The van der Waals surface area contributed by atoms with Gasteiger partial charge in [-0.3, -0.25) is 0 Å². The molecule has 112 valence electrons. The monoisotopic (exact) mass is 299 g/mol. The predicted molar refractivity (Wildman–Crippen MR) is 76.3 cm³/mol. The molecular weight excluding hydrogens is 278 g/mol. The van der Waals surface area contributed by atoms with Gasteiger partial charge in [-0.1, -0.05) is 12.8 Å². The molecule has 2 rings (SSSR count). The van der Waals surface area contributed by atoms with Crippen molar-refractivity contribution in [1.82, 2.24) is 4.72 Å². The second-order valence-electron chi connectivity index (χ2n) is 5.21. The second-order valence-corrected chi connectivity index (χ2v) is 6.92. The summed E-state index contributed by atoms with van der Waals surface area (Å²) in [6, 6.07) is 4.34. The number of sulfonamides is 1. The molecule has 6 heteroatoms. The number of aliphatic hydroxyl groups excluding tert-OH is 1. The summed E-state index contributed by atoms with van der Waals surface area (Å²) in [5.74, 6) is 0.654. The summed E-state index contributed by atoms with van der Waals surface area (Å²) < 4.78 is 32.4. The van der Waals surface area contributed by atoms with Crippen molar-refractivity contribution in [3.8, 4) is 5.75 Å². The maximum absolute atomic E-state index is 12.3. The number of rotatable bonds is 4. The summed E-state index contributed by atoms with van der Waals surface area (Å²) in [7, 11) is -2.06. The van der Waals surface area contributed by atoms with Gasteiger partial charge in [-0.05, 0) is 43.5 Å². The normalized spacial score (nSPS) is 23.6. The zero-order chi connectivity index (χ0) is 14.8.